The number of carbonyl (C=O) groups excluding carboxylic acids is 1. The van der Waals surface area contributed by atoms with Crippen LogP contribution in [0.2, 0.25) is 0 Å². The molecule has 1 saturated heterocycles. The molecule has 1 aliphatic heterocycles. The third-order valence-corrected chi connectivity index (χ3v) is 10.7. The third-order valence-electron chi connectivity index (χ3n) is 7.55. The van der Waals surface area contributed by atoms with Crippen LogP contribution in [0.25, 0.3) is 11.3 Å². The van der Waals surface area contributed by atoms with Gasteiger partial charge >= 0.3 is 6.18 Å². The van der Waals surface area contributed by atoms with Crippen molar-refractivity contribution >= 4 is 26.0 Å². The molecule has 1 amide bonds. The van der Waals surface area contributed by atoms with Crippen LogP contribution in [0.4, 0.5) is 13.2 Å². The van der Waals surface area contributed by atoms with Crippen LogP contribution in [0.5, 0.6) is 0 Å². The molecular weight excluding hydrogens is 629 g/mol. The molecule has 2 atom stereocenters. The van der Waals surface area contributed by atoms with Gasteiger partial charge in [-0.25, -0.2) is 26.5 Å². The SMILES string of the molecule is CC(C)(C)c1ccc(-c2cnc(C(Cc3ccc(C4CC(=O)NS4(=O)=O)cc3)NS(=O)(=O)c3cccc(C(F)(F)F)c3)[nH]2)cc1. The predicted octanol–water partition coefficient (Wildman–Crippen LogP) is 5.55. The summed E-state index contributed by atoms with van der Waals surface area (Å²) in [6, 6.07) is 16.5. The minimum absolute atomic E-state index is 0.0168. The van der Waals surface area contributed by atoms with Gasteiger partial charge in [0.05, 0.1) is 34.8 Å². The fraction of sp³-hybridized carbons (Fsp3) is 0.290. The lowest BCUT2D eigenvalue weighted by molar-refractivity contribution is -0.137. The van der Waals surface area contributed by atoms with E-state index in [1.165, 1.54) is 0 Å². The number of hydrogen-bond acceptors (Lipinski definition) is 6. The van der Waals surface area contributed by atoms with Gasteiger partial charge in [-0.1, -0.05) is 75.4 Å². The number of amides is 1. The maximum absolute atomic E-state index is 13.4. The van der Waals surface area contributed by atoms with Crippen LogP contribution in [0, 0.1) is 0 Å². The number of hydrogen-bond donors (Lipinski definition) is 3. The first-order chi connectivity index (χ1) is 20.9. The second kappa shape index (κ2) is 11.7. The maximum Gasteiger partial charge on any atom is 0.416 e. The number of aromatic amines is 1. The Kier molecular flexibility index (Phi) is 8.44. The number of aromatic nitrogens is 2. The van der Waals surface area contributed by atoms with Crippen molar-refractivity contribution in [2.45, 2.75) is 61.4 Å². The topological polar surface area (TPSA) is 138 Å². The summed E-state index contributed by atoms with van der Waals surface area (Å²) < 4.78 is 95.9. The van der Waals surface area contributed by atoms with Crippen LogP contribution in [-0.4, -0.2) is 32.7 Å². The van der Waals surface area contributed by atoms with Gasteiger partial charge in [0.1, 0.15) is 11.1 Å². The second-order valence-corrected chi connectivity index (χ2v) is 15.5. The molecule has 1 aliphatic rings. The summed E-state index contributed by atoms with van der Waals surface area (Å²) in [4.78, 5) is 18.7. The fourth-order valence-corrected chi connectivity index (χ4v) is 7.72. The third kappa shape index (κ3) is 7.29. The number of nitrogens with zero attached hydrogens (tertiary/aromatic N) is 1. The van der Waals surface area contributed by atoms with Crippen LogP contribution in [-0.2, 0) is 42.9 Å². The van der Waals surface area contributed by atoms with Gasteiger partial charge in [0.15, 0.2) is 0 Å². The second-order valence-electron chi connectivity index (χ2n) is 11.9. The Labute approximate surface area is 259 Å². The average Bonchev–Trinajstić information content (AvgIpc) is 3.56. The molecule has 1 fully saturated rings. The Bertz CT molecular complexity index is 1930. The van der Waals surface area contributed by atoms with E-state index in [1.54, 1.807) is 30.5 Å². The Hall–Kier alpha value is -4.01. The molecule has 0 radical (unpaired) electrons. The molecule has 45 heavy (non-hydrogen) atoms. The van der Waals surface area contributed by atoms with Gasteiger partial charge in [-0.2, -0.15) is 13.2 Å². The molecule has 2 heterocycles. The average molecular weight is 661 g/mol. The lowest BCUT2D eigenvalue weighted by atomic mass is 9.86. The number of imidazole rings is 1. The summed E-state index contributed by atoms with van der Waals surface area (Å²) in [5.41, 5.74) is 2.32. The minimum atomic E-state index is -4.74. The highest BCUT2D eigenvalue weighted by Crippen LogP contribution is 2.33. The molecule has 3 aromatic carbocycles. The Morgan fingerprint density at radius 2 is 1.64 bits per heavy atom. The minimum Gasteiger partial charge on any atom is -0.341 e. The Morgan fingerprint density at radius 3 is 2.22 bits per heavy atom. The van der Waals surface area contributed by atoms with Crippen molar-refractivity contribution in [3.8, 4) is 11.3 Å². The molecule has 14 heteroatoms. The van der Waals surface area contributed by atoms with Gasteiger partial charge in [-0.15, -0.1) is 0 Å². The van der Waals surface area contributed by atoms with E-state index in [-0.39, 0.29) is 24.1 Å². The molecular formula is C31H31F3N4O5S2. The van der Waals surface area contributed by atoms with Gasteiger partial charge in [-0.05, 0) is 52.3 Å². The van der Waals surface area contributed by atoms with Crippen LogP contribution >= 0.6 is 0 Å². The molecule has 5 rings (SSSR count). The predicted molar refractivity (Wildman–Crippen MR) is 162 cm³/mol. The number of rotatable bonds is 8. The quantitative estimate of drug-likeness (QED) is 0.227. The van der Waals surface area contributed by atoms with Gasteiger partial charge in [-0.3, -0.25) is 9.52 Å². The molecule has 0 bridgehead atoms. The Balaban J connectivity index is 1.47. The first-order valence-electron chi connectivity index (χ1n) is 13.9. The number of halogens is 3. The number of sulfonamides is 2. The van der Waals surface area contributed by atoms with E-state index < -0.39 is 53.9 Å². The summed E-state index contributed by atoms with van der Waals surface area (Å²) in [5, 5.41) is -1.05. The normalized spacial score (nSPS) is 17.6. The van der Waals surface area contributed by atoms with Crippen molar-refractivity contribution < 1.29 is 34.8 Å². The molecule has 2 unspecified atom stereocenters. The summed E-state index contributed by atoms with van der Waals surface area (Å²) in [6.07, 6.45) is -3.39. The molecule has 0 aliphatic carbocycles. The highest BCUT2D eigenvalue weighted by molar-refractivity contribution is 7.90. The number of alkyl halides is 3. The van der Waals surface area contributed by atoms with Crippen molar-refractivity contribution in [3.05, 3.63) is 107 Å². The molecule has 3 N–H and O–H groups in total. The summed E-state index contributed by atoms with van der Waals surface area (Å²) in [6.45, 7) is 6.27. The van der Waals surface area contributed by atoms with Gasteiger partial charge < -0.3 is 4.98 Å². The largest absolute Gasteiger partial charge is 0.416 e. The van der Waals surface area contributed by atoms with Crippen molar-refractivity contribution in [3.63, 3.8) is 0 Å². The van der Waals surface area contributed by atoms with Crippen molar-refractivity contribution in [1.29, 1.82) is 0 Å². The standard InChI is InChI=1S/C31H31F3N4O5S2/c1-30(2,3)22-13-11-20(12-14-22)26-18-35-29(36-26)25(37-44(40,41)24-6-4-5-23(16-24)31(32,33)34)15-19-7-9-21(10-8-19)27-17-28(39)38-45(27,42)43/h4-14,16,18,25,27,37H,15,17H2,1-3H3,(H,35,36)(H,38,39). The number of H-pyrrole nitrogens is 1. The molecule has 0 saturated carbocycles. The monoisotopic (exact) mass is 660 g/mol. The number of carbonyl (C=O) groups is 1. The molecule has 1 aromatic heterocycles. The zero-order chi connectivity index (χ0) is 32.8. The van der Waals surface area contributed by atoms with E-state index in [9.17, 15) is 34.8 Å². The van der Waals surface area contributed by atoms with E-state index in [0.29, 0.717) is 22.9 Å². The van der Waals surface area contributed by atoms with Crippen molar-refractivity contribution in [1.82, 2.24) is 19.4 Å². The van der Waals surface area contributed by atoms with Crippen LogP contribution in [0.15, 0.2) is 83.9 Å². The van der Waals surface area contributed by atoms with E-state index in [2.05, 4.69) is 35.5 Å². The van der Waals surface area contributed by atoms with Crippen molar-refractivity contribution in [2.24, 2.45) is 0 Å². The zero-order valence-corrected chi connectivity index (χ0v) is 26.1. The molecule has 4 aromatic rings. The lowest BCUT2D eigenvalue weighted by Crippen LogP contribution is -2.31. The van der Waals surface area contributed by atoms with Crippen LogP contribution < -0.4 is 9.44 Å². The van der Waals surface area contributed by atoms with Gasteiger partial charge in [0, 0.05) is 0 Å². The summed E-state index contributed by atoms with van der Waals surface area (Å²) >= 11 is 0. The van der Waals surface area contributed by atoms with Crippen LogP contribution in [0.3, 0.4) is 0 Å². The zero-order valence-electron chi connectivity index (χ0n) is 24.5. The first-order valence-corrected chi connectivity index (χ1v) is 16.9. The maximum atomic E-state index is 13.4. The lowest BCUT2D eigenvalue weighted by Gasteiger charge is -2.19. The fourth-order valence-electron chi connectivity index (χ4n) is 5.05. The Morgan fingerprint density at radius 1 is 0.978 bits per heavy atom. The number of benzene rings is 3. The van der Waals surface area contributed by atoms with E-state index in [1.807, 2.05) is 29.0 Å². The van der Waals surface area contributed by atoms with E-state index >= 15 is 0 Å². The van der Waals surface area contributed by atoms with Gasteiger partial charge in [0.25, 0.3) is 0 Å². The smallest absolute Gasteiger partial charge is 0.341 e. The molecule has 238 valence electrons. The van der Waals surface area contributed by atoms with Crippen LogP contribution in [0.1, 0.15) is 66.6 Å². The highest BCUT2D eigenvalue weighted by Gasteiger charge is 2.38. The summed E-state index contributed by atoms with van der Waals surface area (Å²) in [7, 11) is -8.32. The molecule has 0 spiro atoms. The van der Waals surface area contributed by atoms with E-state index in [4.69, 9.17) is 0 Å². The highest BCUT2D eigenvalue weighted by atomic mass is 32.2. The number of nitrogens with one attached hydrogen (secondary N) is 3. The first kappa shape index (κ1) is 32.4. The van der Waals surface area contributed by atoms with E-state index in [0.717, 1.165) is 29.3 Å². The summed E-state index contributed by atoms with van der Waals surface area (Å²) in [5.74, 6) is -0.382. The van der Waals surface area contributed by atoms with Gasteiger partial charge in [0.2, 0.25) is 26.0 Å². The van der Waals surface area contributed by atoms with Crippen molar-refractivity contribution in [2.75, 3.05) is 0 Å². The molecule has 9 nitrogen and oxygen atoms in total.